The molecule has 2 fully saturated rings. The van der Waals surface area contributed by atoms with E-state index < -0.39 is 0 Å². The molecule has 1 atom stereocenters. The zero-order valence-electron chi connectivity index (χ0n) is 21.9. The van der Waals surface area contributed by atoms with Crippen LogP contribution in [0.1, 0.15) is 67.2 Å². The average Bonchev–Trinajstić information content (AvgIpc) is 3.15. The topological polar surface area (TPSA) is 57.2 Å². The Kier molecular flexibility index (Phi) is 7.66. The molecule has 3 aromatic rings. The van der Waals surface area contributed by atoms with Crippen molar-refractivity contribution in [2.75, 3.05) is 19.8 Å². The second-order valence-corrected chi connectivity index (χ2v) is 10.4. The molecule has 0 amide bonds. The van der Waals surface area contributed by atoms with Crippen LogP contribution in [0.5, 0.6) is 17.2 Å². The maximum atomic E-state index is 10.1. The molecule has 2 aliphatic heterocycles. The highest BCUT2D eigenvalue weighted by Crippen LogP contribution is 2.45. The summed E-state index contributed by atoms with van der Waals surface area (Å²) in [5, 5.41) is 10.1. The molecule has 0 bridgehead atoms. The van der Waals surface area contributed by atoms with Crippen LogP contribution in [0, 0.1) is 0 Å². The van der Waals surface area contributed by atoms with E-state index in [0.29, 0.717) is 0 Å². The van der Waals surface area contributed by atoms with Gasteiger partial charge in [0, 0.05) is 30.4 Å². The van der Waals surface area contributed by atoms with Gasteiger partial charge < -0.3 is 24.1 Å². The zero-order valence-corrected chi connectivity index (χ0v) is 21.9. The molecule has 38 heavy (non-hydrogen) atoms. The fraction of sp³-hybridized carbons (Fsp3) is 0.394. The minimum atomic E-state index is -0.187. The van der Waals surface area contributed by atoms with E-state index in [0.717, 1.165) is 93.8 Å². The molecule has 0 saturated carbocycles. The van der Waals surface area contributed by atoms with E-state index in [1.807, 2.05) is 12.1 Å². The number of allylic oxidation sites excluding steroid dienone is 1. The van der Waals surface area contributed by atoms with Crippen LogP contribution in [0.4, 0.5) is 0 Å². The van der Waals surface area contributed by atoms with Gasteiger partial charge in [0.25, 0.3) is 0 Å². The third-order valence-electron chi connectivity index (χ3n) is 7.78. The fourth-order valence-electron chi connectivity index (χ4n) is 5.86. The van der Waals surface area contributed by atoms with E-state index in [1.165, 1.54) is 22.3 Å². The molecule has 1 unspecified atom stereocenters. The van der Waals surface area contributed by atoms with Gasteiger partial charge in [-0.25, -0.2) is 0 Å². The molecule has 6 rings (SSSR count). The number of hydrogen-bond acceptors (Lipinski definition) is 5. The summed E-state index contributed by atoms with van der Waals surface area (Å²) < 4.78 is 24.5. The summed E-state index contributed by atoms with van der Waals surface area (Å²) in [6, 6.07) is 22.4. The first-order valence-electron chi connectivity index (χ1n) is 14.0. The number of rotatable bonds is 6. The van der Waals surface area contributed by atoms with E-state index in [-0.39, 0.29) is 18.1 Å². The highest BCUT2D eigenvalue weighted by Gasteiger charge is 2.26. The molecular weight excluding hydrogens is 476 g/mol. The van der Waals surface area contributed by atoms with Crippen LogP contribution in [0.3, 0.4) is 0 Å². The maximum Gasteiger partial charge on any atom is 0.199 e. The molecule has 2 heterocycles. The molecule has 0 radical (unpaired) electrons. The van der Waals surface area contributed by atoms with Crippen LogP contribution in [0.2, 0.25) is 0 Å². The largest absolute Gasteiger partial charge is 0.508 e. The van der Waals surface area contributed by atoms with Crippen LogP contribution in [0.25, 0.3) is 11.1 Å². The summed E-state index contributed by atoms with van der Waals surface area (Å²) in [6.07, 6.45) is 7.78. The van der Waals surface area contributed by atoms with Gasteiger partial charge in [0.1, 0.15) is 23.4 Å². The van der Waals surface area contributed by atoms with Gasteiger partial charge in [-0.15, -0.1) is 0 Å². The number of hydrogen-bond donors (Lipinski definition) is 1. The Morgan fingerprint density at radius 2 is 1.47 bits per heavy atom. The minimum Gasteiger partial charge on any atom is -0.508 e. The Bertz CT molecular complexity index is 1270. The second kappa shape index (κ2) is 11.6. The third-order valence-corrected chi connectivity index (χ3v) is 7.78. The molecule has 3 aliphatic rings. The molecule has 3 aromatic carbocycles. The second-order valence-electron chi connectivity index (χ2n) is 10.4. The van der Waals surface area contributed by atoms with Crippen molar-refractivity contribution >= 4 is 11.1 Å². The molecule has 5 nitrogen and oxygen atoms in total. The van der Waals surface area contributed by atoms with Crippen molar-refractivity contribution in [1.82, 2.24) is 0 Å². The van der Waals surface area contributed by atoms with Crippen molar-refractivity contribution < 1.29 is 24.1 Å². The normalized spacial score (nSPS) is 20.5. The van der Waals surface area contributed by atoms with Crippen molar-refractivity contribution in [2.45, 2.75) is 63.8 Å². The van der Waals surface area contributed by atoms with Crippen LogP contribution in [-0.2, 0) is 15.9 Å². The van der Waals surface area contributed by atoms with Crippen molar-refractivity contribution in [3.63, 3.8) is 0 Å². The summed E-state index contributed by atoms with van der Waals surface area (Å²) in [5.41, 5.74) is 7.06. The van der Waals surface area contributed by atoms with Gasteiger partial charge in [0.15, 0.2) is 6.29 Å². The first-order chi connectivity index (χ1) is 18.8. The molecule has 0 spiro atoms. The number of ether oxygens (including phenoxy) is 4. The number of fused-ring (bicyclic) bond motifs is 1. The quantitative estimate of drug-likeness (QED) is 0.380. The van der Waals surface area contributed by atoms with Crippen LogP contribution in [0.15, 0.2) is 66.7 Å². The first kappa shape index (κ1) is 25.0. The standard InChI is InChI=1S/C33H36O5/c34-24-16-14-23(15-17-24)33-28(26-7-1-2-11-30(26)37-25-18-21-35-22-19-25)9-5-8-27-29(33)10-6-12-31(27)38-32-13-3-4-20-36-32/h1-2,6-7,10-12,14-17,25,32,34H,3-5,8-9,13,18-22H2. The van der Waals surface area contributed by atoms with Crippen LogP contribution in [-0.4, -0.2) is 37.3 Å². The predicted molar refractivity (Wildman–Crippen MR) is 149 cm³/mol. The molecule has 198 valence electrons. The van der Waals surface area contributed by atoms with Crippen LogP contribution >= 0.6 is 0 Å². The Hall–Kier alpha value is -3.28. The van der Waals surface area contributed by atoms with Crippen molar-refractivity contribution in [3.05, 3.63) is 89.0 Å². The monoisotopic (exact) mass is 512 g/mol. The summed E-state index contributed by atoms with van der Waals surface area (Å²) in [4.78, 5) is 0. The van der Waals surface area contributed by atoms with Crippen LogP contribution < -0.4 is 9.47 Å². The van der Waals surface area contributed by atoms with E-state index in [1.54, 1.807) is 12.1 Å². The maximum absolute atomic E-state index is 10.1. The molecule has 0 aromatic heterocycles. The lowest BCUT2D eigenvalue weighted by atomic mass is 9.87. The molecule has 2 saturated heterocycles. The van der Waals surface area contributed by atoms with Crippen molar-refractivity contribution in [2.24, 2.45) is 0 Å². The lowest BCUT2D eigenvalue weighted by Gasteiger charge is -2.26. The van der Waals surface area contributed by atoms with Crippen molar-refractivity contribution in [1.29, 1.82) is 0 Å². The van der Waals surface area contributed by atoms with Gasteiger partial charge in [0.05, 0.1) is 19.8 Å². The Morgan fingerprint density at radius 1 is 0.684 bits per heavy atom. The summed E-state index contributed by atoms with van der Waals surface area (Å²) in [5.74, 6) is 2.11. The van der Waals surface area contributed by atoms with Gasteiger partial charge in [-0.1, -0.05) is 42.5 Å². The van der Waals surface area contributed by atoms with Crippen molar-refractivity contribution in [3.8, 4) is 17.2 Å². The molecule has 5 heteroatoms. The zero-order chi connectivity index (χ0) is 25.7. The number of phenols is 1. The minimum absolute atomic E-state index is 0.163. The Balaban J connectivity index is 1.47. The number of phenolic OH excluding ortho intramolecular Hbond substituents is 1. The number of benzene rings is 3. The first-order valence-corrected chi connectivity index (χ1v) is 14.0. The SMILES string of the molecule is Oc1ccc(C2=C(c3ccccc3OC3CCOCC3)CCCc3c(OC4CCCCO4)cccc32)cc1. The summed E-state index contributed by atoms with van der Waals surface area (Å²) >= 11 is 0. The smallest absolute Gasteiger partial charge is 0.199 e. The van der Waals surface area contributed by atoms with Gasteiger partial charge in [-0.3, -0.25) is 0 Å². The third kappa shape index (κ3) is 5.45. The summed E-state index contributed by atoms with van der Waals surface area (Å²) in [7, 11) is 0. The molecule has 1 N–H and O–H groups in total. The number of para-hydroxylation sites is 1. The van der Waals surface area contributed by atoms with Gasteiger partial charge in [0.2, 0.25) is 0 Å². The predicted octanol–water partition coefficient (Wildman–Crippen LogP) is 7.15. The lowest BCUT2D eigenvalue weighted by Crippen LogP contribution is -2.26. The Morgan fingerprint density at radius 3 is 2.29 bits per heavy atom. The Labute approximate surface area is 225 Å². The lowest BCUT2D eigenvalue weighted by molar-refractivity contribution is -0.106. The van der Waals surface area contributed by atoms with E-state index >= 15 is 0 Å². The number of aromatic hydroxyl groups is 1. The molecule has 1 aliphatic carbocycles. The highest BCUT2D eigenvalue weighted by atomic mass is 16.7. The van der Waals surface area contributed by atoms with E-state index in [2.05, 4.69) is 42.5 Å². The van der Waals surface area contributed by atoms with Gasteiger partial charge in [-0.05, 0) is 78.6 Å². The van der Waals surface area contributed by atoms with Gasteiger partial charge >= 0.3 is 0 Å². The van der Waals surface area contributed by atoms with E-state index in [4.69, 9.17) is 18.9 Å². The molecular formula is C33H36O5. The average molecular weight is 513 g/mol. The van der Waals surface area contributed by atoms with E-state index in [9.17, 15) is 5.11 Å². The van der Waals surface area contributed by atoms with Gasteiger partial charge in [-0.2, -0.15) is 0 Å². The highest BCUT2D eigenvalue weighted by molar-refractivity contribution is 6.01. The fourth-order valence-corrected chi connectivity index (χ4v) is 5.86. The summed E-state index contributed by atoms with van der Waals surface area (Å²) in [6.45, 7) is 2.25.